The largest absolute Gasteiger partial charge is 0.333 e. The summed E-state index contributed by atoms with van der Waals surface area (Å²) < 4.78 is 0. The molecule has 0 atom stereocenters. The Balaban J connectivity index is 1.92. The fraction of sp³-hybridized carbons (Fsp3) is 0.250. The Labute approximate surface area is 142 Å². The average Bonchev–Trinajstić information content (AvgIpc) is 2.65. The van der Waals surface area contributed by atoms with Crippen molar-refractivity contribution >= 4 is 16.7 Å². The third-order valence-corrected chi connectivity index (χ3v) is 4.07. The van der Waals surface area contributed by atoms with Crippen molar-refractivity contribution in [1.82, 2.24) is 14.9 Å². The summed E-state index contributed by atoms with van der Waals surface area (Å²) in [6.07, 6.45) is 7.24. The predicted molar refractivity (Wildman–Crippen MR) is 95.6 cm³/mol. The minimum Gasteiger partial charge on any atom is -0.333 e. The van der Waals surface area contributed by atoms with Gasteiger partial charge in [-0.2, -0.15) is 0 Å². The molecule has 0 aliphatic carbocycles. The van der Waals surface area contributed by atoms with E-state index in [4.69, 9.17) is 0 Å². The molecule has 4 nitrogen and oxygen atoms in total. The van der Waals surface area contributed by atoms with Crippen molar-refractivity contribution in [2.24, 2.45) is 0 Å². The summed E-state index contributed by atoms with van der Waals surface area (Å²) in [4.78, 5) is 23.4. The lowest BCUT2D eigenvalue weighted by molar-refractivity contribution is 0.0737. The Hall–Kier alpha value is -2.75. The monoisotopic (exact) mass is 319 g/mol. The Bertz CT molecular complexity index is 812. The minimum atomic E-state index is -0.0166. The van der Waals surface area contributed by atoms with Crippen LogP contribution in [0.5, 0.6) is 0 Å². The summed E-state index contributed by atoms with van der Waals surface area (Å²) >= 11 is 0. The number of fused-ring (bicyclic) bond motifs is 1. The summed E-state index contributed by atoms with van der Waals surface area (Å²) in [5.74, 6) is -0.0166. The van der Waals surface area contributed by atoms with Gasteiger partial charge in [-0.1, -0.05) is 37.6 Å². The minimum absolute atomic E-state index is 0.0166. The van der Waals surface area contributed by atoms with E-state index in [-0.39, 0.29) is 5.91 Å². The number of carbonyl (C=O) groups excluding carboxylic acids is 1. The lowest BCUT2D eigenvalue weighted by Gasteiger charge is -2.23. The van der Waals surface area contributed by atoms with Crippen molar-refractivity contribution in [3.8, 4) is 0 Å². The molecule has 1 amide bonds. The second-order valence-electron chi connectivity index (χ2n) is 5.82. The van der Waals surface area contributed by atoms with Gasteiger partial charge in [-0.05, 0) is 35.6 Å². The van der Waals surface area contributed by atoms with Crippen LogP contribution < -0.4 is 0 Å². The van der Waals surface area contributed by atoms with Gasteiger partial charge in [0, 0.05) is 37.1 Å². The zero-order valence-electron chi connectivity index (χ0n) is 13.9. The van der Waals surface area contributed by atoms with E-state index in [2.05, 4.69) is 16.9 Å². The molecule has 3 aromatic rings. The zero-order chi connectivity index (χ0) is 16.8. The van der Waals surface area contributed by atoms with Gasteiger partial charge >= 0.3 is 0 Å². The number of amides is 1. The molecule has 3 rings (SSSR count). The molecule has 0 unspecified atom stereocenters. The first kappa shape index (κ1) is 16.1. The van der Waals surface area contributed by atoms with Crippen LogP contribution in [0.3, 0.4) is 0 Å². The zero-order valence-corrected chi connectivity index (χ0v) is 13.9. The number of benzene rings is 1. The van der Waals surface area contributed by atoms with Gasteiger partial charge < -0.3 is 4.90 Å². The maximum absolute atomic E-state index is 13.1. The smallest absolute Gasteiger partial charge is 0.273 e. The fourth-order valence-corrected chi connectivity index (χ4v) is 2.75. The van der Waals surface area contributed by atoms with E-state index in [0.29, 0.717) is 12.2 Å². The second-order valence-corrected chi connectivity index (χ2v) is 5.82. The van der Waals surface area contributed by atoms with Crippen LogP contribution in [0.15, 0.2) is 61.1 Å². The number of rotatable bonds is 6. The van der Waals surface area contributed by atoms with Crippen LogP contribution in [0.1, 0.15) is 35.8 Å². The Kier molecular flexibility index (Phi) is 5.16. The SMILES string of the molecule is CCCCN(Cc1ccncc1)C(=O)c1nccc2ccccc12. The van der Waals surface area contributed by atoms with Gasteiger partial charge in [0.2, 0.25) is 0 Å². The van der Waals surface area contributed by atoms with E-state index in [9.17, 15) is 4.79 Å². The van der Waals surface area contributed by atoms with Gasteiger partial charge in [-0.25, -0.2) is 0 Å². The first-order valence-corrected chi connectivity index (χ1v) is 8.31. The molecule has 0 bridgehead atoms. The molecule has 0 fully saturated rings. The molecule has 0 aliphatic heterocycles. The Morgan fingerprint density at radius 1 is 1.04 bits per heavy atom. The molecule has 4 heteroatoms. The number of hydrogen-bond acceptors (Lipinski definition) is 3. The standard InChI is InChI=1S/C20H21N3O/c1-2-3-14-23(15-16-8-11-21-12-9-16)20(24)19-18-7-5-4-6-17(18)10-13-22-19/h4-13H,2-3,14-15H2,1H3. The molecular weight excluding hydrogens is 298 g/mol. The molecule has 2 heterocycles. The molecule has 0 spiro atoms. The second kappa shape index (κ2) is 7.68. The third-order valence-electron chi connectivity index (χ3n) is 4.07. The van der Waals surface area contributed by atoms with Crippen LogP contribution in [0.2, 0.25) is 0 Å². The topological polar surface area (TPSA) is 46.1 Å². The highest BCUT2D eigenvalue weighted by atomic mass is 16.2. The summed E-state index contributed by atoms with van der Waals surface area (Å²) in [5, 5.41) is 1.94. The van der Waals surface area contributed by atoms with Gasteiger partial charge in [0.25, 0.3) is 5.91 Å². The first-order valence-electron chi connectivity index (χ1n) is 8.31. The van der Waals surface area contributed by atoms with Gasteiger partial charge in [-0.15, -0.1) is 0 Å². The molecule has 1 aromatic carbocycles. The lowest BCUT2D eigenvalue weighted by Crippen LogP contribution is -2.32. The highest BCUT2D eigenvalue weighted by molar-refractivity contribution is 6.05. The average molecular weight is 319 g/mol. The third kappa shape index (κ3) is 3.59. The summed E-state index contributed by atoms with van der Waals surface area (Å²) in [6.45, 7) is 3.43. The molecule has 24 heavy (non-hydrogen) atoms. The van der Waals surface area contributed by atoms with E-state index in [1.54, 1.807) is 18.6 Å². The number of carbonyl (C=O) groups is 1. The van der Waals surface area contributed by atoms with Crippen LogP contribution >= 0.6 is 0 Å². The predicted octanol–water partition coefficient (Wildman–Crippen LogP) is 4.07. The van der Waals surface area contributed by atoms with E-state index in [1.165, 1.54) is 0 Å². The molecule has 122 valence electrons. The van der Waals surface area contributed by atoms with Crippen LogP contribution in [0.4, 0.5) is 0 Å². The van der Waals surface area contributed by atoms with Crippen LogP contribution in [0.25, 0.3) is 10.8 Å². The normalized spacial score (nSPS) is 10.7. The van der Waals surface area contributed by atoms with Crippen molar-refractivity contribution in [3.63, 3.8) is 0 Å². The quantitative estimate of drug-likeness (QED) is 0.688. The summed E-state index contributed by atoms with van der Waals surface area (Å²) in [7, 11) is 0. The summed E-state index contributed by atoms with van der Waals surface area (Å²) in [6, 6.07) is 13.7. The van der Waals surface area contributed by atoms with Crippen molar-refractivity contribution in [1.29, 1.82) is 0 Å². The van der Waals surface area contributed by atoms with Gasteiger partial charge in [0.05, 0.1) is 0 Å². The van der Waals surface area contributed by atoms with Crippen molar-refractivity contribution in [2.75, 3.05) is 6.54 Å². The van der Waals surface area contributed by atoms with E-state index >= 15 is 0 Å². The van der Waals surface area contributed by atoms with Gasteiger partial charge in [-0.3, -0.25) is 14.8 Å². The number of unbranched alkanes of at least 4 members (excludes halogenated alkanes) is 1. The summed E-state index contributed by atoms with van der Waals surface area (Å²) in [5.41, 5.74) is 1.60. The van der Waals surface area contributed by atoms with Crippen LogP contribution in [-0.2, 0) is 6.54 Å². The number of aromatic nitrogens is 2. The number of hydrogen-bond donors (Lipinski definition) is 0. The highest BCUT2D eigenvalue weighted by Gasteiger charge is 2.19. The van der Waals surface area contributed by atoms with Gasteiger partial charge in [0.15, 0.2) is 0 Å². The molecule has 0 radical (unpaired) electrons. The Morgan fingerprint density at radius 3 is 2.62 bits per heavy atom. The van der Waals surface area contributed by atoms with E-state index < -0.39 is 0 Å². The van der Waals surface area contributed by atoms with Crippen molar-refractivity contribution in [3.05, 3.63) is 72.3 Å². The maximum atomic E-state index is 13.1. The first-order chi connectivity index (χ1) is 11.8. The fourth-order valence-electron chi connectivity index (χ4n) is 2.75. The Morgan fingerprint density at radius 2 is 1.83 bits per heavy atom. The molecule has 0 N–H and O–H groups in total. The van der Waals surface area contributed by atoms with Crippen molar-refractivity contribution < 1.29 is 4.79 Å². The molecule has 2 aromatic heterocycles. The van der Waals surface area contributed by atoms with Gasteiger partial charge in [0.1, 0.15) is 5.69 Å². The molecule has 0 aliphatic rings. The lowest BCUT2D eigenvalue weighted by atomic mass is 10.1. The van der Waals surface area contributed by atoms with Crippen LogP contribution in [0, 0.1) is 0 Å². The number of nitrogens with zero attached hydrogens (tertiary/aromatic N) is 3. The molecule has 0 saturated carbocycles. The van der Waals surface area contributed by atoms with Crippen molar-refractivity contribution in [2.45, 2.75) is 26.3 Å². The highest BCUT2D eigenvalue weighted by Crippen LogP contribution is 2.19. The van der Waals surface area contributed by atoms with Crippen LogP contribution in [-0.4, -0.2) is 27.3 Å². The number of pyridine rings is 2. The molecular formula is C20H21N3O. The van der Waals surface area contributed by atoms with E-state index in [1.807, 2.05) is 47.4 Å². The molecule has 0 saturated heterocycles. The maximum Gasteiger partial charge on any atom is 0.273 e. The van der Waals surface area contributed by atoms with E-state index in [0.717, 1.165) is 35.7 Å².